The Balaban J connectivity index is 1.95. The van der Waals surface area contributed by atoms with Gasteiger partial charge in [-0.15, -0.1) is 0 Å². The van der Waals surface area contributed by atoms with Crippen molar-refractivity contribution in [1.29, 1.82) is 0 Å². The van der Waals surface area contributed by atoms with Gasteiger partial charge in [0.25, 0.3) is 11.6 Å². The first-order chi connectivity index (χ1) is 12.9. The molecule has 2 aromatic carbocycles. The van der Waals surface area contributed by atoms with Gasteiger partial charge < -0.3 is 10.2 Å². The van der Waals surface area contributed by atoms with E-state index in [1.54, 1.807) is 12.1 Å². The molecule has 1 saturated heterocycles. The predicted molar refractivity (Wildman–Crippen MR) is 109 cm³/mol. The van der Waals surface area contributed by atoms with Crippen molar-refractivity contribution in [2.45, 2.75) is 19.3 Å². The first kappa shape index (κ1) is 19.7. The molecular formula is C18H16Cl3N3O3. The summed E-state index contributed by atoms with van der Waals surface area (Å²) in [6, 6.07) is 7.34. The highest BCUT2D eigenvalue weighted by molar-refractivity contribution is 6.38. The van der Waals surface area contributed by atoms with Crippen molar-refractivity contribution >= 4 is 57.8 Å². The molecule has 1 fully saturated rings. The van der Waals surface area contributed by atoms with Crippen LogP contribution in [0.25, 0.3) is 0 Å². The van der Waals surface area contributed by atoms with Crippen LogP contribution in [0.4, 0.5) is 17.1 Å². The normalized spacial score (nSPS) is 14.1. The minimum absolute atomic E-state index is 0.0792. The van der Waals surface area contributed by atoms with Crippen molar-refractivity contribution in [1.82, 2.24) is 0 Å². The molecule has 1 aliphatic heterocycles. The van der Waals surface area contributed by atoms with Crippen LogP contribution in [-0.4, -0.2) is 23.9 Å². The standard InChI is InChI=1S/C18H16Cl3N3O3/c19-11-4-5-12(13(20)8-11)18(25)22-15-10-16(23-6-2-1-3-7-23)17(24(26)27)9-14(15)21/h4-5,8-10H,1-3,6-7H2,(H,22,25). The Morgan fingerprint density at radius 3 is 2.37 bits per heavy atom. The number of rotatable bonds is 4. The number of nitro groups is 1. The van der Waals surface area contributed by atoms with E-state index < -0.39 is 10.8 Å². The van der Waals surface area contributed by atoms with Crippen LogP contribution in [0, 0.1) is 10.1 Å². The smallest absolute Gasteiger partial charge is 0.294 e. The second kappa shape index (κ2) is 8.33. The lowest BCUT2D eigenvalue weighted by molar-refractivity contribution is -0.384. The molecular weight excluding hydrogens is 413 g/mol. The fourth-order valence-corrected chi connectivity index (χ4v) is 3.74. The zero-order valence-corrected chi connectivity index (χ0v) is 16.4. The van der Waals surface area contributed by atoms with E-state index in [-0.39, 0.29) is 21.3 Å². The highest BCUT2D eigenvalue weighted by Gasteiger charge is 2.24. The summed E-state index contributed by atoms with van der Waals surface area (Å²) in [5.41, 5.74) is 0.889. The minimum atomic E-state index is -0.475. The number of carbonyl (C=O) groups is 1. The number of benzene rings is 2. The van der Waals surface area contributed by atoms with E-state index in [1.165, 1.54) is 18.2 Å². The Bertz CT molecular complexity index is 899. The molecule has 1 aliphatic rings. The van der Waals surface area contributed by atoms with Crippen molar-refractivity contribution in [2.75, 3.05) is 23.3 Å². The zero-order chi connectivity index (χ0) is 19.6. The molecule has 1 amide bonds. The summed E-state index contributed by atoms with van der Waals surface area (Å²) < 4.78 is 0. The van der Waals surface area contributed by atoms with Gasteiger partial charge in [-0.3, -0.25) is 14.9 Å². The highest BCUT2D eigenvalue weighted by Crippen LogP contribution is 2.38. The Hall–Kier alpha value is -2.02. The van der Waals surface area contributed by atoms with E-state index >= 15 is 0 Å². The van der Waals surface area contributed by atoms with Gasteiger partial charge in [-0.1, -0.05) is 34.8 Å². The van der Waals surface area contributed by atoms with E-state index in [0.717, 1.165) is 32.4 Å². The van der Waals surface area contributed by atoms with Crippen LogP contribution < -0.4 is 10.2 Å². The van der Waals surface area contributed by atoms with E-state index in [9.17, 15) is 14.9 Å². The predicted octanol–water partition coefficient (Wildman–Crippen LogP) is 5.80. The van der Waals surface area contributed by atoms with Gasteiger partial charge in [0.1, 0.15) is 5.69 Å². The molecule has 27 heavy (non-hydrogen) atoms. The molecule has 1 heterocycles. The number of carbonyl (C=O) groups excluding carboxylic acids is 1. The van der Waals surface area contributed by atoms with Crippen LogP contribution in [0.1, 0.15) is 29.6 Å². The highest BCUT2D eigenvalue weighted by atomic mass is 35.5. The van der Waals surface area contributed by atoms with Gasteiger partial charge in [0, 0.05) is 24.2 Å². The lowest BCUT2D eigenvalue weighted by Gasteiger charge is -2.29. The van der Waals surface area contributed by atoms with Gasteiger partial charge in [0.05, 0.1) is 26.2 Å². The number of piperidine rings is 1. The fraction of sp³-hybridized carbons (Fsp3) is 0.278. The van der Waals surface area contributed by atoms with E-state index in [4.69, 9.17) is 34.8 Å². The number of nitrogens with zero attached hydrogens (tertiary/aromatic N) is 2. The van der Waals surface area contributed by atoms with Crippen LogP contribution >= 0.6 is 34.8 Å². The number of hydrogen-bond donors (Lipinski definition) is 1. The number of hydrogen-bond acceptors (Lipinski definition) is 4. The number of anilines is 2. The molecule has 0 atom stereocenters. The van der Waals surface area contributed by atoms with Crippen molar-refractivity contribution in [3.63, 3.8) is 0 Å². The van der Waals surface area contributed by atoms with Gasteiger partial charge >= 0.3 is 0 Å². The molecule has 0 saturated carbocycles. The van der Waals surface area contributed by atoms with Crippen molar-refractivity contribution in [2.24, 2.45) is 0 Å². The Morgan fingerprint density at radius 1 is 1.04 bits per heavy atom. The van der Waals surface area contributed by atoms with Crippen LogP contribution in [-0.2, 0) is 0 Å². The molecule has 6 nitrogen and oxygen atoms in total. The van der Waals surface area contributed by atoms with Crippen molar-refractivity contribution in [3.05, 3.63) is 61.1 Å². The van der Waals surface area contributed by atoms with Gasteiger partial charge in [0.15, 0.2) is 0 Å². The molecule has 0 spiro atoms. The van der Waals surface area contributed by atoms with Gasteiger partial charge in [-0.05, 0) is 43.5 Å². The first-order valence-electron chi connectivity index (χ1n) is 8.36. The Labute approximate surface area is 171 Å². The largest absolute Gasteiger partial charge is 0.366 e. The van der Waals surface area contributed by atoms with E-state index in [1.807, 2.05) is 4.90 Å². The first-order valence-corrected chi connectivity index (χ1v) is 9.49. The van der Waals surface area contributed by atoms with Crippen molar-refractivity contribution in [3.8, 4) is 0 Å². The Kier molecular flexibility index (Phi) is 6.09. The number of amides is 1. The summed E-state index contributed by atoms with van der Waals surface area (Å²) in [5, 5.41) is 14.8. The molecule has 0 radical (unpaired) electrons. The summed E-state index contributed by atoms with van der Waals surface area (Å²) in [4.78, 5) is 25.5. The van der Waals surface area contributed by atoms with Crippen molar-refractivity contribution < 1.29 is 9.72 Å². The van der Waals surface area contributed by atoms with Crippen LogP contribution in [0.5, 0.6) is 0 Å². The minimum Gasteiger partial charge on any atom is -0.366 e. The maximum absolute atomic E-state index is 12.6. The summed E-state index contributed by atoms with van der Waals surface area (Å²) in [5.74, 6) is -0.475. The molecule has 0 bridgehead atoms. The molecule has 2 aromatic rings. The van der Waals surface area contributed by atoms with E-state index in [2.05, 4.69) is 5.32 Å². The topological polar surface area (TPSA) is 75.5 Å². The third-order valence-corrected chi connectivity index (χ3v) is 5.24. The van der Waals surface area contributed by atoms with Gasteiger partial charge in [-0.2, -0.15) is 0 Å². The molecule has 142 valence electrons. The second-order valence-electron chi connectivity index (χ2n) is 6.20. The lowest BCUT2D eigenvalue weighted by atomic mass is 10.1. The second-order valence-corrected chi connectivity index (χ2v) is 7.45. The van der Waals surface area contributed by atoms with E-state index in [0.29, 0.717) is 16.4 Å². The molecule has 0 aromatic heterocycles. The number of halogens is 3. The summed E-state index contributed by atoms with van der Waals surface area (Å²) in [7, 11) is 0. The molecule has 0 unspecified atom stereocenters. The van der Waals surface area contributed by atoms with Gasteiger partial charge in [0.2, 0.25) is 0 Å². The SMILES string of the molecule is O=C(Nc1cc(N2CCCCC2)c([N+](=O)[O-])cc1Cl)c1ccc(Cl)cc1Cl. The summed E-state index contributed by atoms with van der Waals surface area (Å²) in [6.07, 6.45) is 3.01. The zero-order valence-electron chi connectivity index (χ0n) is 14.2. The number of nitrogens with one attached hydrogen (secondary N) is 1. The monoisotopic (exact) mass is 427 g/mol. The van der Waals surface area contributed by atoms with Gasteiger partial charge in [-0.25, -0.2) is 0 Å². The molecule has 1 N–H and O–H groups in total. The average molecular weight is 429 g/mol. The maximum Gasteiger partial charge on any atom is 0.294 e. The third kappa shape index (κ3) is 4.46. The summed E-state index contributed by atoms with van der Waals surface area (Å²) in [6.45, 7) is 1.44. The summed E-state index contributed by atoms with van der Waals surface area (Å²) >= 11 is 18.1. The third-order valence-electron chi connectivity index (χ3n) is 4.38. The quantitative estimate of drug-likeness (QED) is 0.493. The average Bonchev–Trinajstić information content (AvgIpc) is 2.63. The Morgan fingerprint density at radius 2 is 1.74 bits per heavy atom. The lowest BCUT2D eigenvalue weighted by Crippen LogP contribution is -2.30. The number of nitro benzene ring substituents is 1. The molecule has 0 aliphatic carbocycles. The van der Waals surface area contributed by atoms with Crippen LogP contribution in [0.3, 0.4) is 0 Å². The molecule has 9 heteroatoms. The maximum atomic E-state index is 12.6. The van der Waals surface area contributed by atoms with Crippen LogP contribution in [0.15, 0.2) is 30.3 Å². The van der Waals surface area contributed by atoms with Crippen LogP contribution in [0.2, 0.25) is 15.1 Å². The fourth-order valence-electron chi connectivity index (χ4n) is 3.04. The molecule has 3 rings (SSSR count).